The van der Waals surface area contributed by atoms with Crippen LogP contribution in [0.4, 0.5) is 0 Å². The SMILES string of the molecule is CC(C)=CCNC(C)C1CC1. The van der Waals surface area contributed by atoms with Crippen LogP contribution in [-0.2, 0) is 0 Å². The molecule has 1 rings (SSSR count). The Kier molecular flexibility index (Phi) is 3.13. The van der Waals surface area contributed by atoms with Crippen LogP contribution < -0.4 is 5.32 Å². The van der Waals surface area contributed by atoms with Crippen LogP contribution in [0, 0.1) is 5.92 Å². The van der Waals surface area contributed by atoms with E-state index in [-0.39, 0.29) is 0 Å². The fourth-order valence-corrected chi connectivity index (χ4v) is 1.21. The highest BCUT2D eigenvalue weighted by atomic mass is 14.9. The van der Waals surface area contributed by atoms with E-state index in [2.05, 4.69) is 32.2 Å². The number of rotatable bonds is 4. The minimum Gasteiger partial charge on any atom is -0.311 e. The predicted octanol–water partition coefficient (Wildman–Crippen LogP) is 2.34. The average molecular weight is 153 g/mol. The molecule has 0 saturated heterocycles. The van der Waals surface area contributed by atoms with Gasteiger partial charge in [0.05, 0.1) is 0 Å². The van der Waals surface area contributed by atoms with Gasteiger partial charge in [-0.3, -0.25) is 0 Å². The zero-order valence-electron chi connectivity index (χ0n) is 7.85. The molecule has 1 N–H and O–H groups in total. The van der Waals surface area contributed by atoms with Crippen molar-refractivity contribution in [2.45, 2.75) is 39.7 Å². The maximum Gasteiger partial charge on any atom is 0.0139 e. The molecule has 0 heterocycles. The first-order valence-electron chi connectivity index (χ1n) is 4.57. The summed E-state index contributed by atoms with van der Waals surface area (Å²) >= 11 is 0. The van der Waals surface area contributed by atoms with E-state index in [4.69, 9.17) is 0 Å². The molecule has 1 fully saturated rings. The Morgan fingerprint density at radius 2 is 2.18 bits per heavy atom. The number of nitrogens with one attached hydrogen (secondary N) is 1. The number of allylic oxidation sites excluding steroid dienone is 1. The van der Waals surface area contributed by atoms with E-state index in [1.807, 2.05) is 0 Å². The first kappa shape index (κ1) is 8.79. The summed E-state index contributed by atoms with van der Waals surface area (Å²) < 4.78 is 0. The molecule has 0 aromatic heterocycles. The molecule has 0 aliphatic heterocycles. The monoisotopic (exact) mass is 153 g/mol. The van der Waals surface area contributed by atoms with Gasteiger partial charge in [0.25, 0.3) is 0 Å². The minimum atomic E-state index is 0.727. The van der Waals surface area contributed by atoms with Gasteiger partial charge in [-0.05, 0) is 39.5 Å². The third-order valence-electron chi connectivity index (χ3n) is 2.28. The molecule has 1 aliphatic rings. The van der Waals surface area contributed by atoms with E-state index in [0.29, 0.717) is 0 Å². The molecule has 1 aliphatic carbocycles. The first-order valence-corrected chi connectivity index (χ1v) is 4.57. The summed E-state index contributed by atoms with van der Waals surface area (Å²) in [6.07, 6.45) is 5.12. The smallest absolute Gasteiger partial charge is 0.0139 e. The van der Waals surface area contributed by atoms with E-state index in [9.17, 15) is 0 Å². The molecule has 0 aromatic carbocycles. The van der Waals surface area contributed by atoms with Gasteiger partial charge in [-0.1, -0.05) is 11.6 Å². The Hall–Kier alpha value is -0.300. The quantitative estimate of drug-likeness (QED) is 0.611. The highest BCUT2D eigenvalue weighted by Crippen LogP contribution is 2.32. The molecule has 1 atom stereocenters. The van der Waals surface area contributed by atoms with Gasteiger partial charge in [0.15, 0.2) is 0 Å². The summed E-state index contributed by atoms with van der Waals surface area (Å²) in [7, 11) is 0. The molecule has 0 radical (unpaired) electrons. The topological polar surface area (TPSA) is 12.0 Å². The molecule has 1 heteroatoms. The zero-order valence-corrected chi connectivity index (χ0v) is 7.85. The molecular formula is C10H19N. The van der Waals surface area contributed by atoms with Gasteiger partial charge >= 0.3 is 0 Å². The van der Waals surface area contributed by atoms with Gasteiger partial charge in [0, 0.05) is 12.6 Å². The van der Waals surface area contributed by atoms with Gasteiger partial charge in [-0.15, -0.1) is 0 Å². The van der Waals surface area contributed by atoms with Gasteiger partial charge < -0.3 is 5.32 Å². The Bertz CT molecular complexity index is 141. The lowest BCUT2D eigenvalue weighted by Crippen LogP contribution is -2.27. The van der Waals surface area contributed by atoms with E-state index >= 15 is 0 Å². The lowest BCUT2D eigenvalue weighted by Gasteiger charge is -2.10. The normalized spacial score (nSPS) is 19.5. The first-order chi connectivity index (χ1) is 5.20. The fraction of sp³-hybridized carbons (Fsp3) is 0.800. The molecule has 64 valence electrons. The summed E-state index contributed by atoms with van der Waals surface area (Å²) in [5, 5.41) is 3.50. The van der Waals surface area contributed by atoms with E-state index in [1.165, 1.54) is 18.4 Å². The molecular weight excluding hydrogens is 134 g/mol. The Morgan fingerprint density at radius 3 is 2.64 bits per heavy atom. The summed E-state index contributed by atoms with van der Waals surface area (Å²) in [5.41, 5.74) is 1.40. The highest BCUT2D eigenvalue weighted by molar-refractivity contribution is 4.95. The highest BCUT2D eigenvalue weighted by Gasteiger charge is 2.26. The largest absolute Gasteiger partial charge is 0.311 e. The third kappa shape index (κ3) is 3.57. The van der Waals surface area contributed by atoms with Crippen LogP contribution in [0.2, 0.25) is 0 Å². The molecule has 11 heavy (non-hydrogen) atoms. The second-order valence-corrected chi connectivity index (χ2v) is 3.82. The van der Waals surface area contributed by atoms with Gasteiger partial charge in [-0.25, -0.2) is 0 Å². The molecule has 1 unspecified atom stereocenters. The van der Waals surface area contributed by atoms with Crippen molar-refractivity contribution in [3.63, 3.8) is 0 Å². The van der Waals surface area contributed by atoms with E-state index < -0.39 is 0 Å². The Morgan fingerprint density at radius 1 is 1.55 bits per heavy atom. The summed E-state index contributed by atoms with van der Waals surface area (Å²) in [6.45, 7) is 7.61. The van der Waals surface area contributed by atoms with Crippen LogP contribution in [0.3, 0.4) is 0 Å². The van der Waals surface area contributed by atoms with Crippen molar-refractivity contribution in [3.05, 3.63) is 11.6 Å². The Labute approximate surface area is 69.9 Å². The minimum absolute atomic E-state index is 0.727. The van der Waals surface area contributed by atoms with Crippen LogP contribution in [-0.4, -0.2) is 12.6 Å². The number of hydrogen-bond acceptors (Lipinski definition) is 1. The molecule has 1 saturated carbocycles. The van der Waals surface area contributed by atoms with Crippen molar-refractivity contribution < 1.29 is 0 Å². The second kappa shape index (κ2) is 3.91. The lowest BCUT2D eigenvalue weighted by molar-refractivity contribution is 0.523. The van der Waals surface area contributed by atoms with Crippen LogP contribution in [0.5, 0.6) is 0 Å². The maximum absolute atomic E-state index is 3.50. The fourth-order valence-electron chi connectivity index (χ4n) is 1.21. The molecule has 0 spiro atoms. The van der Waals surface area contributed by atoms with Gasteiger partial charge in [-0.2, -0.15) is 0 Å². The maximum atomic E-state index is 3.50. The van der Waals surface area contributed by atoms with E-state index in [1.54, 1.807) is 0 Å². The van der Waals surface area contributed by atoms with Gasteiger partial charge in [0.2, 0.25) is 0 Å². The third-order valence-corrected chi connectivity index (χ3v) is 2.28. The summed E-state index contributed by atoms with van der Waals surface area (Å²) in [4.78, 5) is 0. The van der Waals surface area contributed by atoms with Gasteiger partial charge in [0.1, 0.15) is 0 Å². The van der Waals surface area contributed by atoms with E-state index in [0.717, 1.165) is 18.5 Å². The van der Waals surface area contributed by atoms with Crippen molar-refractivity contribution in [2.75, 3.05) is 6.54 Å². The van der Waals surface area contributed by atoms with Crippen molar-refractivity contribution in [1.82, 2.24) is 5.32 Å². The average Bonchev–Trinajstić information content (AvgIpc) is 2.66. The zero-order chi connectivity index (χ0) is 8.27. The standard InChI is InChI=1S/C10H19N/c1-8(2)6-7-11-9(3)10-4-5-10/h6,9-11H,4-5,7H2,1-3H3. The lowest BCUT2D eigenvalue weighted by atomic mass is 10.2. The molecule has 0 bridgehead atoms. The van der Waals surface area contributed by atoms with Crippen LogP contribution in [0.1, 0.15) is 33.6 Å². The predicted molar refractivity (Wildman–Crippen MR) is 49.6 cm³/mol. The molecule has 0 aromatic rings. The molecule has 0 amide bonds. The van der Waals surface area contributed by atoms with Crippen LogP contribution in [0.25, 0.3) is 0 Å². The van der Waals surface area contributed by atoms with Crippen molar-refractivity contribution >= 4 is 0 Å². The Balaban J connectivity index is 2.06. The van der Waals surface area contributed by atoms with Crippen molar-refractivity contribution in [1.29, 1.82) is 0 Å². The number of hydrogen-bond donors (Lipinski definition) is 1. The second-order valence-electron chi connectivity index (χ2n) is 3.82. The van der Waals surface area contributed by atoms with Crippen LogP contribution >= 0.6 is 0 Å². The molecule has 1 nitrogen and oxygen atoms in total. The van der Waals surface area contributed by atoms with Crippen molar-refractivity contribution in [3.8, 4) is 0 Å². The van der Waals surface area contributed by atoms with Crippen molar-refractivity contribution in [2.24, 2.45) is 5.92 Å². The summed E-state index contributed by atoms with van der Waals surface area (Å²) in [5.74, 6) is 0.973. The summed E-state index contributed by atoms with van der Waals surface area (Å²) in [6, 6.07) is 0.727. The van der Waals surface area contributed by atoms with Crippen LogP contribution in [0.15, 0.2) is 11.6 Å².